The Hall–Kier alpha value is -1.43. The highest BCUT2D eigenvalue weighted by molar-refractivity contribution is 7.71. The van der Waals surface area contributed by atoms with Crippen LogP contribution in [0.1, 0.15) is 39.0 Å². The van der Waals surface area contributed by atoms with Gasteiger partial charge < -0.3 is 14.3 Å². The first-order valence-electron chi connectivity index (χ1n) is 7.10. The van der Waals surface area contributed by atoms with Gasteiger partial charge in [-0.3, -0.25) is 0 Å². The van der Waals surface area contributed by atoms with Gasteiger partial charge in [0.2, 0.25) is 5.88 Å². The first kappa shape index (κ1) is 13.5. The molecule has 3 rings (SSSR count). The summed E-state index contributed by atoms with van der Waals surface area (Å²) in [6, 6.07) is 0. The van der Waals surface area contributed by atoms with Crippen LogP contribution in [-0.2, 0) is 6.54 Å². The Labute approximate surface area is 123 Å². The van der Waals surface area contributed by atoms with Gasteiger partial charge in [0.1, 0.15) is 11.8 Å². The molecule has 1 aliphatic rings. The molecule has 1 aliphatic carbocycles. The minimum absolute atomic E-state index is 0.309. The summed E-state index contributed by atoms with van der Waals surface area (Å²) in [6.07, 6.45) is 8.01. The molecule has 6 heteroatoms. The lowest BCUT2D eigenvalue weighted by Crippen LogP contribution is -2.26. The summed E-state index contributed by atoms with van der Waals surface area (Å²) in [4.78, 5) is 11.7. The van der Waals surface area contributed by atoms with Crippen molar-refractivity contribution in [1.29, 1.82) is 0 Å². The smallest absolute Gasteiger partial charge is 0.242 e. The molecule has 0 aliphatic heterocycles. The summed E-state index contributed by atoms with van der Waals surface area (Å²) in [5, 5.41) is 0. The third-order valence-corrected chi connectivity index (χ3v) is 4.64. The highest BCUT2D eigenvalue weighted by atomic mass is 32.1. The average Bonchev–Trinajstić information content (AvgIpc) is 2.75. The second-order valence-electron chi connectivity index (χ2n) is 5.97. The number of hydrogen-bond acceptors (Lipinski definition) is 4. The van der Waals surface area contributed by atoms with Crippen LogP contribution in [0.2, 0.25) is 0 Å². The molecule has 1 fully saturated rings. The molecule has 0 amide bonds. The van der Waals surface area contributed by atoms with Gasteiger partial charge in [0.15, 0.2) is 10.4 Å². The second-order valence-corrected chi connectivity index (χ2v) is 6.36. The molecule has 0 spiro atoms. The van der Waals surface area contributed by atoms with Crippen molar-refractivity contribution in [1.82, 2.24) is 19.5 Å². The van der Waals surface area contributed by atoms with E-state index in [9.17, 15) is 0 Å². The van der Waals surface area contributed by atoms with E-state index in [1.165, 1.54) is 38.4 Å². The van der Waals surface area contributed by atoms with Crippen LogP contribution in [0.3, 0.4) is 0 Å². The molecule has 20 heavy (non-hydrogen) atoms. The number of ether oxygens (including phenoxy) is 1. The number of imidazole rings is 1. The fourth-order valence-electron chi connectivity index (χ4n) is 3.19. The van der Waals surface area contributed by atoms with Crippen molar-refractivity contribution in [3.8, 4) is 5.88 Å². The van der Waals surface area contributed by atoms with E-state index >= 15 is 0 Å². The Bertz CT molecular complexity index is 669. The number of rotatable bonds is 3. The van der Waals surface area contributed by atoms with Gasteiger partial charge in [-0.2, -0.15) is 4.98 Å². The third-order valence-electron chi connectivity index (χ3n) is 4.32. The highest BCUT2D eigenvalue weighted by Gasteiger charge is 2.28. The Balaban J connectivity index is 2.03. The normalized spacial score (nSPS) is 18.3. The van der Waals surface area contributed by atoms with Crippen LogP contribution in [0.15, 0.2) is 6.33 Å². The van der Waals surface area contributed by atoms with E-state index in [4.69, 9.17) is 17.0 Å². The summed E-state index contributed by atoms with van der Waals surface area (Å²) < 4.78 is 8.07. The molecular weight excluding hydrogens is 272 g/mol. The monoisotopic (exact) mass is 292 g/mol. The molecule has 0 bridgehead atoms. The van der Waals surface area contributed by atoms with Crippen LogP contribution in [0.25, 0.3) is 11.2 Å². The summed E-state index contributed by atoms with van der Waals surface area (Å²) in [5.74, 6) is 0.550. The molecule has 0 saturated heterocycles. The molecule has 0 radical (unpaired) electrons. The maximum atomic E-state index is 5.46. The van der Waals surface area contributed by atoms with E-state index in [-0.39, 0.29) is 0 Å². The van der Waals surface area contributed by atoms with Crippen LogP contribution in [-0.4, -0.2) is 26.6 Å². The number of nitrogens with one attached hydrogen (secondary N) is 1. The van der Waals surface area contributed by atoms with Crippen molar-refractivity contribution >= 4 is 23.4 Å². The quantitative estimate of drug-likeness (QED) is 0.880. The fourth-order valence-corrected chi connectivity index (χ4v) is 3.45. The Morgan fingerprint density at radius 3 is 2.80 bits per heavy atom. The molecular formula is C14H20N4OS. The molecule has 2 heterocycles. The molecule has 0 atom stereocenters. The van der Waals surface area contributed by atoms with Gasteiger partial charge >= 0.3 is 0 Å². The Kier molecular flexibility index (Phi) is 3.50. The zero-order chi connectivity index (χ0) is 14.2. The predicted molar refractivity (Wildman–Crippen MR) is 80.5 cm³/mol. The van der Waals surface area contributed by atoms with Gasteiger partial charge in [-0.05, 0) is 30.5 Å². The van der Waals surface area contributed by atoms with Crippen molar-refractivity contribution in [3.63, 3.8) is 0 Å². The number of fused-ring (bicyclic) bond motifs is 1. The fraction of sp³-hybridized carbons (Fsp3) is 0.643. The van der Waals surface area contributed by atoms with Crippen molar-refractivity contribution in [2.24, 2.45) is 5.41 Å². The van der Waals surface area contributed by atoms with E-state index in [1.54, 1.807) is 7.11 Å². The van der Waals surface area contributed by atoms with E-state index in [0.717, 1.165) is 17.7 Å². The summed E-state index contributed by atoms with van der Waals surface area (Å²) in [6.45, 7) is 3.26. The van der Waals surface area contributed by atoms with Gasteiger partial charge in [-0.1, -0.05) is 26.2 Å². The Morgan fingerprint density at radius 2 is 2.10 bits per heavy atom. The second kappa shape index (κ2) is 5.16. The van der Waals surface area contributed by atoms with Crippen molar-refractivity contribution in [2.75, 3.05) is 7.11 Å². The molecule has 1 N–H and O–H groups in total. The summed E-state index contributed by atoms with van der Waals surface area (Å²) in [7, 11) is 1.61. The molecule has 2 aromatic heterocycles. The lowest BCUT2D eigenvalue weighted by atomic mass is 9.75. The minimum Gasteiger partial charge on any atom is -0.479 e. The van der Waals surface area contributed by atoms with E-state index in [1.807, 2.05) is 0 Å². The van der Waals surface area contributed by atoms with E-state index < -0.39 is 0 Å². The Morgan fingerprint density at radius 1 is 1.35 bits per heavy atom. The maximum absolute atomic E-state index is 5.46. The summed E-state index contributed by atoms with van der Waals surface area (Å²) in [5.41, 5.74) is 1.94. The zero-order valence-electron chi connectivity index (χ0n) is 12.0. The molecule has 5 nitrogen and oxygen atoms in total. The van der Waals surface area contributed by atoms with Crippen LogP contribution >= 0.6 is 12.2 Å². The van der Waals surface area contributed by atoms with Gasteiger partial charge in [-0.25, -0.2) is 4.98 Å². The molecule has 0 aromatic carbocycles. The largest absolute Gasteiger partial charge is 0.479 e. The van der Waals surface area contributed by atoms with Gasteiger partial charge in [0, 0.05) is 6.54 Å². The summed E-state index contributed by atoms with van der Waals surface area (Å²) >= 11 is 5.46. The molecule has 108 valence electrons. The molecule has 2 aromatic rings. The predicted octanol–water partition coefficient (Wildman–Crippen LogP) is 3.47. The van der Waals surface area contributed by atoms with Crippen LogP contribution in [0, 0.1) is 10.2 Å². The molecule has 0 unspecified atom stereocenters. The third kappa shape index (κ3) is 2.32. The average molecular weight is 292 g/mol. The van der Waals surface area contributed by atoms with E-state index in [0.29, 0.717) is 16.1 Å². The van der Waals surface area contributed by atoms with Gasteiger partial charge in [0.05, 0.1) is 7.11 Å². The topological polar surface area (TPSA) is 55.7 Å². The first-order valence-corrected chi connectivity index (χ1v) is 7.51. The van der Waals surface area contributed by atoms with E-state index in [2.05, 4.69) is 26.4 Å². The number of aromatic nitrogens is 4. The SMILES string of the molecule is COc1ncnc2c1[nH]c(=S)n2CC1(C)CCCCC1. The highest BCUT2D eigenvalue weighted by Crippen LogP contribution is 2.38. The number of methoxy groups -OCH3 is 1. The molecule has 1 saturated carbocycles. The van der Waals surface area contributed by atoms with Crippen LogP contribution < -0.4 is 4.74 Å². The lowest BCUT2D eigenvalue weighted by molar-refractivity contribution is 0.184. The number of nitrogens with zero attached hydrogens (tertiary/aromatic N) is 3. The minimum atomic E-state index is 0.309. The lowest BCUT2D eigenvalue weighted by Gasteiger charge is -2.33. The standard InChI is InChI=1S/C14H20N4OS/c1-14(6-4-3-5-7-14)8-18-11-10(17-13(18)20)12(19-2)16-9-15-11/h9H,3-8H2,1-2H3,(H,17,20). The van der Waals surface area contributed by atoms with Gasteiger partial charge in [0.25, 0.3) is 0 Å². The number of aromatic amines is 1. The van der Waals surface area contributed by atoms with Crippen molar-refractivity contribution in [2.45, 2.75) is 45.6 Å². The van der Waals surface area contributed by atoms with Crippen molar-refractivity contribution < 1.29 is 4.74 Å². The van der Waals surface area contributed by atoms with Crippen molar-refractivity contribution in [3.05, 3.63) is 11.1 Å². The number of hydrogen-bond donors (Lipinski definition) is 1. The maximum Gasteiger partial charge on any atom is 0.242 e. The first-order chi connectivity index (χ1) is 9.63. The zero-order valence-corrected chi connectivity index (χ0v) is 12.8. The van der Waals surface area contributed by atoms with Crippen LogP contribution in [0.5, 0.6) is 5.88 Å². The van der Waals surface area contributed by atoms with Gasteiger partial charge in [-0.15, -0.1) is 0 Å². The number of H-pyrrole nitrogens is 1. The van der Waals surface area contributed by atoms with Crippen LogP contribution in [0.4, 0.5) is 0 Å².